The van der Waals surface area contributed by atoms with Crippen LogP contribution >= 0.6 is 39.1 Å². The first-order chi connectivity index (χ1) is 8.49. The Morgan fingerprint density at radius 1 is 1.06 bits per heavy atom. The maximum absolute atomic E-state index is 12.2. The Morgan fingerprint density at radius 2 is 1.78 bits per heavy atom. The van der Waals surface area contributed by atoms with Crippen LogP contribution in [-0.4, -0.2) is 5.78 Å². The zero-order valence-electron chi connectivity index (χ0n) is 9.08. The molecule has 0 heterocycles. The molecule has 0 bridgehead atoms. The van der Waals surface area contributed by atoms with Crippen molar-refractivity contribution in [2.45, 2.75) is 0 Å². The van der Waals surface area contributed by atoms with Crippen molar-refractivity contribution in [3.8, 4) is 0 Å². The molecule has 0 saturated heterocycles. The average molecular weight is 345 g/mol. The molecule has 0 saturated carbocycles. The van der Waals surface area contributed by atoms with E-state index in [1.807, 2.05) is 0 Å². The molecule has 0 atom stereocenters. The van der Waals surface area contributed by atoms with Crippen molar-refractivity contribution in [2.75, 3.05) is 5.73 Å². The minimum Gasteiger partial charge on any atom is -0.399 e. The molecule has 0 aliphatic carbocycles. The first-order valence-electron chi connectivity index (χ1n) is 5.04. The van der Waals surface area contributed by atoms with E-state index in [0.717, 1.165) is 4.47 Å². The lowest BCUT2D eigenvalue weighted by molar-refractivity contribution is 0.103. The van der Waals surface area contributed by atoms with Gasteiger partial charge in [0.15, 0.2) is 5.78 Å². The van der Waals surface area contributed by atoms with Crippen LogP contribution in [0.2, 0.25) is 10.0 Å². The van der Waals surface area contributed by atoms with E-state index in [1.165, 1.54) is 0 Å². The van der Waals surface area contributed by atoms with Crippen LogP contribution in [0.4, 0.5) is 5.69 Å². The van der Waals surface area contributed by atoms with Gasteiger partial charge in [0.25, 0.3) is 0 Å². The average Bonchev–Trinajstić information content (AvgIpc) is 2.32. The molecule has 0 spiro atoms. The molecular weight excluding hydrogens is 337 g/mol. The van der Waals surface area contributed by atoms with Gasteiger partial charge in [-0.2, -0.15) is 0 Å². The Balaban J connectivity index is 2.44. The number of anilines is 1. The number of nitrogens with two attached hydrogens (primary N) is 1. The van der Waals surface area contributed by atoms with E-state index in [4.69, 9.17) is 28.9 Å². The Hall–Kier alpha value is -1.03. The molecule has 92 valence electrons. The van der Waals surface area contributed by atoms with Crippen LogP contribution in [0.1, 0.15) is 15.9 Å². The zero-order valence-corrected chi connectivity index (χ0v) is 12.2. The number of hydrogen-bond donors (Lipinski definition) is 1. The summed E-state index contributed by atoms with van der Waals surface area (Å²) in [5.74, 6) is -0.186. The summed E-state index contributed by atoms with van der Waals surface area (Å²) in [4.78, 5) is 12.2. The maximum Gasteiger partial charge on any atom is 0.194 e. The van der Waals surface area contributed by atoms with Gasteiger partial charge in [0.05, 0.1) is 10.0 Å². The number of benzene rings is 2. The third-order valence-corrected chi connectivity index (χ3v) is 3.96. The Labute approximate surface area is 123 Å². The van der Waals surface area contributed by atoms with Gasteiger partial charge in [0, 0.05) is 21.3 Å². The predicted molar refractivity (Wildman–Crippen MR) is 78.4 cm³/mol. The fraction of sp³-hybridized carbons (Fsp3) is 0. The molecule has 0 amide bonds. The fourth-order valence-electron chi connectivity index (χ4n) is 1.51. The SMILES string of the molecule is Nc1ccc(C(=O)c2ccc(Br)c(Cl)c2)c(Cl)c1. The van der Waals surface area contributed by atoms with Crippen molar-refractivity contribution in [2.24, 2.45) is 0 Å². The number of hydrogen-bond acceptors (Lipinski definition) is 2. The molecule has 0 aliphatic rings. The second-order valence-electron chi connectivity index (χ2n) is 3.70. The van der Waals surface area contributed by atoms with Gasteiger partial charge in [0.2, 0.25) is 0 Å². The predicted octanol–water partition coefficient (Wildman–Crippen LogP) is 4.57. The van der Waals surface area contributed by atoms with Gasteiger partial charge < -0.3 is 5.73 Å². The number of halogens is 3. The van der Waals surface area contributed by atoms with E-state index >= 15 is 0 Å². The quantitative estimate of drug-likeness (QED) is 0.640. The van der Waals surface area contributed by atoms with E-state index in [9.17, 15) is 4.79 Å². The van der Waals surface area contributed by atoms with Gasteiger partial charge in [-0.15, -0.1) is 0 Å². The Kier molecular flexibility index (Phi) is 3.95. The summed E-state index contributed by atoms with van der Waals surface area (Å²) < 4.78 is 0.740. The van der Waals surface area contributed by atoms with Gasteiger partial charge in [-0.25, -0.2) is 0 Å². The molecule has 0 fully saturated rings. The molecule has 18 heavy (non-hydrogen) atoms. The second kappa shape index (κ2) is 5.31. The summed E-state index contributed by atoms with van der Waals surface area (Å²) in [5.41, 5.74) is 6.99. The smallest absolute Gasteiger partial charge is 0.194 e. The van der Waals surface area contributed by atoms with Crippen LogP contribution in [0.25, 0.3) is 0 Å². The highest BCUT2D eigenvalue weighted by Gasteiger charge is 2.14. The molecule has 2 aromatic carbocycles. The van der Waals surface area contributed by atoms with Crippen molar-refractivity contribution < 1.29 is 4.79 Å². The van der Waals surface area contributed by atoms with E-state index in [-0.39, 0.29) is 5.78 Å². The number of carbonyl (C=O) groups excluding carboxylic acids is 1. The highest BCUT2D eigenvalue weighted by Crippen LogP contribution is 2.26. The second-order valence-corrected chi connectivity index (χ2v) is 5.37. The van der Waals surface area contributed by atoms with Crippen LogP contribution in [0, 0.1) is 0 Å². The van der Waals surface area contributed by atoms with Crippen LogP contribution in [0.3, 0.4) is 0 Å². The summed E-state index contributed by atoms with van der Waals surface area (Å²) in [7, 11) is 0. The minimum absolute atomic E-state index is 0.186. The first-order valence-corrected chi connectivity index (χ1v) is 6.58. The summed E-state index contributed by atoms with van der Waals surface area (Å²) in [6.07, 6.45) is 0. The molecule has 2 nitrogen and oxygen atoms in total. The molecule has 5 heteroatoms. The van der Waals surface area contributed by atoms with E-state index < -0.39 is 0 Å². The topological polar surface area (TPSA) is 43.1 Å². The van der Waals surface area contributed by atoms with Gasteiger partial charge in [-0.3, -0.25) is 4.79 Å². The van der Waals surface area contributed by atoms with Crippen LogP contribution in [0.15, 0.2) is 40.9 Å². The standard InChI is InChI=1S/C13H8BrCl2NO/c14-10-4-1-7(5-12(10)16)13(18)9-3-2-8(17)6-11(9)15/h1-6H,17H2. The number of carbonyl (C=O) groups is 1. The van der Waals surface area contributed by atoms with Gasteiger partial charge >= 0.3 is 0 Å². The van der Waals surface area contributed by atoms with Crippen molar-refractivity contribution in [1.29, 1.82) is 0 Å². The lowest BCUT2D eigenvalue weighted by Crippen LogP contribution is -2.02. The van der Waals surface area contributed by atoms with Crippen molar-refractivity contribution in [3.63, 3.8) is 0 Å². The summed E-state index contributed by atoms with van der Waals surface area (Å²) in [6.45, 7) is 0. The third-order valence-electron chi connectivity index (χ3n) is 2.42. The Morgan fingerprint density at radius 3 is 2.39 bits per heavy atom. The first kappa shape index (κ1) is 13.4. The fourth-order valence-corrected chi connectivity index (χ4v) is 2.21. The number of rotatable bonds is 2. The van der Waals surface area contributed by atoms with Crippen molar-refractivity contribution >= 4 is 50.6 Å². The summed E-state index contributed by atoms with van der Waals surface area (Å²) in [6, 6.07) is 9.80. The number of nitrogen functional groups attached to an aromatic ring is 1. The van der Waals surface area contributed by atoms with Gasteiger partial charge in [0.1, 0.15) is 0 Å². The molecular formula is C13H8BrCl2NO. The molecule has 0 aromatic heterocycles. The highest BCUT2D eigenvalue weighted by atomic mass is 79.9. The zero-order chi connectivity index (χ0) is 13.3. The van der Waals surface area contributed by atoms with E-state index in [1.54, 1.807) is 36.4 Å². The van der Waals surface area contributed by atoms with Crippen LogP contribution < -0.4 is 5.73 Å². The van der Waals surface area contributed by atoms with Crippen LogP contribution in [0.5, 0.6) is 0 Å². The lowest BCUT2D eigenvalue weighted by Gasteiger charge is -2.05. The Bertz CT molecular complexity index is 628. The van der Waals surface area contributed by atoms with Crippen molar-refractivity contribution in [3.05, 3.63) is 62.0 Å². The monoisotopic (exact) mass is 343 g/mol. The summed E-state index contributed by atoms with van der Waals surface area (Å²) in [5, 5.41) is 0.812. The van der Waals surface area contributed by atoms with E-state index in [2.05, 4.69) is 15.9 Å². The summed E-state index contributed by atoms with van der Waals surface area (Å²) >= 11 is 15.2. The van der Waals surface area contributed by atoms with Crippen molar-refractivity contribution in [1.82, 2.24) is 0 Å². The van der Waals surface area contributed by atoms with Crippen LogP contribution in [-0.2, 0) is 0 Å². The van der Waals surface area contributed by atoms with Gasteiger partial charge in [-0.05, 0) is 52.3 Å². The molecule has 0 radical (unpaired) electrons. The third kappa shape index (κ3) is 2.69. The lowest BCUT2D eigenvalue weighted by atomic mass is 10.0. The normalized spacial score (nSPS) is 10.4. The van der Waals surface area contributed by atoms with Gasteiger partial charge in [-0.1, -0.05) is 23.2 Å². The molecule has 2 N–H and O–H groups in total. The molecule has 0 aliphatic heterocycles. The highest BCUT2D eigenvalue weighted by molar-refractivity contribution is 9.10. The molecule has 2 rings (SSSR count). The largest absolute Gasteiger partial charge is 0.399 e. The number of ketones is 1. The van der Waals surface area contributed by atoms with E-state index in [0.29, 0.717) is 26.9 Å². The maximum atomic E-state index is 12.2. The molecule has 2 aromatic rings. The minimum atomic E-state index is -0.186. The molecule has 0 unspecified atom stereocenters.